The van der Waals surface area contributed by atoms with Gasteiger partial charge in [-0.2, -0.15) is 4.52 Å². The van der Waals surface area contributed by atoms with Gasteiger partial charge in [-0.1, -0.05) is 12.8 Å². The molecule has 0 aromatic carbocycles. The van der Waals surface area contributed by atoms with Crippen LogP contribution in [0.1, 0.15) is 50.3 Å². The van der Waals surface area contributed by atoms with Gasteiger partial charge < -0.3 is 15.3 Å². The van der Waals surface area contributed by atoms with Crippen molar-refractivity contribution in [2.24, 2.45) is 5.92 Å². The number of fused-ring (bicyclic) bond motifs is 1. The van der Waals surface area contributed by atoms with Crippen molar-refractivity contribution in [2.75, 3.05) is 31.1 Å². The van der Waals surface area contributed by atoms with Crippen LogP contribution in [-0.4, -0.2) is 56.7 Å². The Kier molecular flexibility index (Phi) is 3.67. The zero-order valence-corrected chi connectivity index (χ0v) is 14.6. The van der Waals surface area contributed by atoms with E-state index in [-0.39, 0.29) is 0 Å². The molecule has 1 saturated heterocycles. The Hall–Kier alpha value is -1.73. The Labute approximate surface area is 147 Å². The van der Waals surface area contributed by atoms with Gasteiger partial charge in [-0.25, -0.2) is 0 Å². The Balaban J connectivity index is 1.16. The summed E-state index contributed by atoms with van der Waals surface area (Å²) in [5.41, 5.74) is 0.387. The van der Waals surface area contributed by atoms with Gasteiger partial charge in [0.2, 0.25) is 0 Å². The number of aromatic nitrogens is 4. The third-order valence-corrected chi connectivity index (χ3v) is 5.92. The van der Waals surface area contributed by atoms with Gasteiger partial charge in [0, 0.05) is 38.0 Å². The number of rotatable bonds is 6. The van der Waals surface area contributed by atoms with E-state index >= 15 is 0 Å². The predicted octanol–water partition coefficient (Wildman–Crippen LogP) is 1.33. The van der Waals surface area contributed by atoms with E-state index in [0.717, 1.165) is 69.2 Å². The second-order valence-electron chi connectivity index (χ2n) is 8.13. The first-order valence-corrected chi connectivity index (χ1v) is 9.61. The lowest BCUT2D eigenvalue weighted by Gasteiger charge is -2.40. The fourth-order valence-corrected chi connectivity index (χ4v) is 4.17. The highest BCUT2D eigenvalue weighted by Crippen LogP contribution is 2.39. The van der Waals surface area contributed by atoms with E-state index in [1.807, 2.05) is 16.6 Å². The van der Waals surface area contributed by atoms with Crippen LogP contribution in [0.4, 0.5) is 5.82 Å². The van der Waals surface area contributed by atoms with Crippen LogP contribution in [0.5, 0.6) is 0 Å². The Morgan fingerprint density at radius 3 is 2.72 bits per heavy atom. The highest BCUT2D eigenvalue weighted by atomic mass is 16.3. The summed E-state index contributed by atoms with van der Waals surface area (Å²) in [5, 5.41) is 27.1. The number of nitrogens with one attached hydrogen (secondary N) is 1. The van der Waals surface area contributed by atoms with Crippen molar-refractivity contribution < 1.29 is 5.11 Å². The quantitative estimate of drug-likeness (QED) is 0.825. The number of nitrogens with zero attached hydrogens (tertiary/aromatic N) is 5. The van der Waals surface area contributed by atoms with E-state index in [1.165, 1.54) is 12.8 Å². The fourth-order valence-electron chi connectivity index (χ4n) is 4.17. The first-order valence-electron chi connectivity index (χ1n) is 9.61. The molecule has 0 radical (unpaired) electrons. The summed E-state index contributed by atoms with van der Waals surface area (Å²) in [6.07, 6.45) is 6.63. The molecule has 3 aliphatic rings. The standard InChI is InChI=1S/C18H26N6O/c25-18(7-1-2-8-18)12-19-9-13-10-23(11-13)16-6-5-15-20-21-17(14-3-4-14)24(15)22-16/h5-6,13-14,19,25H,1-4,7-12H2. The molecular weight excluding hydrogens is 316 g/mol. The summed E-state index contributed by atoms with van der Waals surface area (Å²) in [7, 11) is 0. The van der Waals surface area contributed by atoms with Crippen molar-refractivity contribution in [3.63, 3.8) is 0 Å². The van der Waals surface area contributed by atoms with Crippen molar-refractivity contribution in [2.45, 2.75) is 50.0 Å². The average Bonchev–Trinajstić information content (AvgIpc) is 3.18. The minimum absolute atomic E-state index is 0.455. The highest BCUT2D eigenvalue weighted by Gasteiger charge is 2.33. The van der Waals surface area contributed by atoms with E-state index in [1.54, 1.807) is 0 Å². The normalized spacial score (nSPS) is 23.3. The lowest BCUT2D eigenvalue weighted by molar-refractivity contribution is 0.0466. The molecule has 1 aliphatic heterocycles. The van der Waals surface area contributed by atoms with Gasteiger partial charge in [-0.3, -0.25) is 0 Å². The molecule has 2 N–H and O–H groups in total. The highest BCUT2D eigenvalue weighted by molar-refractivity contribution is 5.47. The predicted molar refractivity (Wildman–Crippen MR) is 94.7 cm³/mol. The van der Waals surface area contributed by atoms with Crippen molar-refractivity contribution in [1.29, 1.82) is 0 Å². The van der Waals surface area contributed by atoms with Crippen LogP contribution in [0.2, 0.25) is 0 Å². The van der Waals surface area contributed by atoms with Crippen LogP contribution in [0, 0.1) is 5.92 Å². The summed E-state index contributed by atoms with van der Waals surface area (Å²) in [5.74, 6) is 3.21. The molecule has 25 heavy (non-hydrogen) atoms. The molecule has 0 atom stereocenters. The molecule has 3 fully saturated rings. The summed E-state index contributed by atoms with van der Waals surface area (Å²) in [4.78, 5) is 2.31. The summed E-state index contributed by atoms with van der Waals surface area (Å²) in [6.45, 7) is 3.75. The maximum atomic E-state index is 10.4. The van der Waals surface area contributed by atoms with Crippen LogP contribution < -0.4 is 10.2 Å². The zero-order chi connectivity index (χ0) is 16.9. The molecule has 7 heteroatoms. The SMILES string of the molecule is OC1(CNCC2CN(c3ccc4nnc(C5CC5)n4n3)C2)CCCC1. The topological polar surface area (TPSA) is 78.6 Å². The second kappa shape index (κ2) is 5.92. The second-order valence-corrected chi connectivity index (χ2v) is 8.13. The molecule has 0 amide bonds. The maximum absolute atomic E-state index is 10.4. The number of anilines is 1. The van der Waals surface area contributed by atoms with Gasteiger partial charge in [-0.15, -0.1) is 15.3 Å². The van der Waals surface area contributed by atoms with Gasteiger partial charge in [0.1, 0.15) is 5.82 Å². The van der Waals surface area contributed by atoms with Gasteiger partial charge >= 0.3 is 0 Å². The molecule has 3 heterocycles. The summed E-state index contributed by atoms with van der Waals surface area (Å²) in [6, 6.07) is 4.06. The van der Waals surface area contributed by atoms with Crippen LogP contribution in [0.15, 0.2) is 12.1 Å². The molecular formula is C18H26N6O. The average molecular weight is 342 g/mol. The molecule has 0 spiro atoms. The van der Waals surface area contributed by atoms with E-state index in [4.69, 9.17) is 5.10 Å². The van der Waals surface area contributed by atoms with E-state index in [2.05, 4.69) is 20.4 Å². The van der Waals surface area contributed by atoms with Gasteiger partial charge in [0.25, 0.3) is 0 Å². The third kappa shape index (κ3) is 3.00. The molecule has 2 saturated carbocycles. The molecule has 2 aliphatic carbocycles. The van der Waals surface area contributed by atoms with E-state index < -0.39 is 5.60 Å². The maximum Gasteiger partial charge on any atom is 0.178 e. The van der Waals surface area contributed by atoms with Crippen LogP contribution in [-0.2, 0) is 0 Å². The zero-order valence-electron chi connectivity index (χ0n) is 14.6. The van der Waals surface area contributed by atoms with Gasteiger partial charge in [-0.05, 0) is 37.8 Å². The van der Waals surface area contributed by atoms with Crippen LogP contribution in [0.3, 0.4) is 0 Å². The first-order chi connectivity index (χ1) is 12.2. The van der Waals surface area contributed by atoms with Crippen LogP contribution >= 0.6 is 0 Å². The first kappa shape index (κ1) is 15.5. The monoisotopic (exact) mass is 342 g/mol. The minimum Gasteiger partial charge on any atom is -0.389 e. The number of hydrogen-bond acceptors (Lipinski definition) is 6. The summed E-state index contributed by atoms with van der Waals surface area (Å²) >= 11 is 0. The molecule has 134 valence electrons. The Bertz CT molecular complexity index is 758. The smallest absolute Gasteiger partial charge is 0.178 e. The van der Waals surface area contributed by atoms with Crippen molar-refractivity contribution in [3.05, 3.63) is 18.0 Å². The fraction of sp³-hybridized carbons (Fsp3) is 0.722. The molecule has 5 rings (SSSR count). The number of hydrogen-bond donors (Lipinski definition) is 2. The summed E-state index contributed by atoms with van der Waals surface area (Å²) < 4.78 is 1.92. The van der Waals surface area contributed by atoms with Crippen LogP contribution in [0.25, 0.3) is 5.65 Å². The molecule has 2 aromatic rings. The Morgan fingerprint density at radius 2 is 1.96 bits per heavy atom. The molecule has 0 bridgehead atoms. The van der Waals surface area contributed by atoms with Crippen molar-refractivity contribution in [1.82, 2.24) is 25.1 Å². The molecule has 0 unspecified atom stereocenters. The van der Waals surface area contributed by atoms with Crippen molar-refractivity contribution in [3.8, 4) is 0 Å². The van der Waals surface area contributed by atoms with Gasteiger partial charge in [0.05, 0.1) is 5.60 Å². The van der Waals surface area contributed by atoms with E-state index in [0.29, 0.717) is 11.8 Å². The van der Waals surface area contributed by atoms with Crippen molar-refractivity contribution >= 4 is 11.5 Å². The largest absolute Gasteiger partial charge is 0.389 e. The minimum atomic E-state index is -0.455. The van der Waals surface area contributed by atoms with E-state index in [9.17, 15) is 5.11 Å². The Morgan fingerprint density at radius 1 is 1.16 bits per heavy atom. The number of aliphatic hydroxyl groups is 1. The van der Waals surface area contributed by atoms with Gasteiger partial charge in [0.15, 0.2) is 11.5 Å². The lowest BCUT2D eigenvalue weighted by atomic mass is 9.98. The molecule has 2 aromatic heterocycles. The third-order valence-electron chi connectivity index (χ3n) is 5.92. The lowest BCUT2D eigenvalue weighted by Crippen LogP contribution is -2.52. The molecule has 7 nitrogen and oxygen atoms in total.